The van der Waals surface area contributed by atoms with Gasteiger partial charge < -0.3 is 19.3 Å². The second-order valence-corrected chi connectivity index (χ2v) is 8.93. The maximum Gasteiger partial charge on any atom is 0.124 e. The van der Waals surface area contributed by atoms with Gasteiger partial charge in [-0.1, -0.05) is 6.07 Å². The Morgan fingerprint density at radius 2 is 1.71 bits per heavy atom. The van der Waals surface area contributed by atoms with Crippen LogP contribution in [-0.4, -0.2) is 43.9 Å². The number of nitrogens with zero attached hydrogens (tertiary/aromatic N) is 3. The zero-order valence-electron chi connectivity index (χ0n) is 18.5. The minimum Gasteiger partial charge on any atom is -0.497 e. The fourth-order valence-electron chi connectivity index (χ4n) is 4.65. The highest BCUT2D eigenvalue weighted by molar-refractivity contribution is 5.81. The second kappa shape index (κ2) is 7.80. The summed E-state index contributed by atoms with van der Waals surface area (Å²) in [6, 6.07) is 17.0. The topological polar surface area (TPSA) is 37.8 Å². The zero-order chi connectivity index (χ0) is 21.4. The smallest absolute Gasteiger partial charge is 0.124 e. The monoisotopic (exact) mass is 415 g/mol. The predicted octanol–water partition coefficient (Wildman–Crippen LogP) is 4.80. The van der Waals surface area contributed by atoms with Crippen LogP contribution in [0.25, 0.3) is 11.1 Å². The van der Waals surface area contributed by atoms with Crippen molar-refractivity contribution in [2.75, 3.05) is 43.1 Å². The van der Waals surface area contributed by atoms with Crippen molar-refractivity contribution in [3.8, 4) is 22.6 Å². The molecule has 3 aromatic rings. The molecular formula is C26H29N3O2. The third-order valence-electron chi connectivity index (χ3n) is 6.21. The molecule has 0 atom stereocenters. The predicted molar refractivity (Wildman–Crippen MR) is 126 cm³/mol. The Kier molecular flexibility index (Phi) is 4.97. The van der Waals surface area contributed by atoms with Gasteiger partial charge in [-0.15, -0.1) is 0 Å². The summed E-state index contributed by atoms with van der Waals surface area (Å²) >= 11 is 0. The largest absolute Gasteiger partial charge is 0.497 e. The number of pyridine rings is 1. The summed E-state index contributed by atoms with van der Waals surface area (Å²) in [7, 11) is 1.70. The van der Waals surface area contributed by atoms with Crippen LogP contribution < -0.4 is 19.3 Å². The molecule has 2 aromatic carbocycles. The molecule has 0 bridgehead atoms. The van der Waals surface area contributed by atoms with Crippen LogP contribution in [0.2, 0.25) is 0 Å². The molecule has 3 heterocycles. The molecule has 0 spiro atoms. The van der Waals surface area contributed by atoms with Gasteiger partial charge in [-0.2, -0.15) is 0 Å². The average molecular weight is 416 g/mol. The third kappa shape index (κ3) is 3.92. The van der Waals surface area contributed by atoms with Gasteiger partial charge in [0.1, 0.15) is 17.1 Å². The van der Waals surface area contributed by atoms with Crippen LogP contribution in [0.5, 0.6) is 11.5 Å². The number of aromatic nitrogens is 1. The minimum atomic E-state index is -0.153. The SMILES string of the molecule is COc1ccc(N2CCN(c3cc4c(cc3-c3cccnc3)OC(C)(C)C4)CC2)cc1. The van der Waals surface area contributed by atoms with E-state index in [9.17, 15) is 0 Å². The van der Waals surface area contributed by atoms with Crippen molar-refractivity contribution in [2.45, 2.75) is 25.9 Å². The highest BCUT2D eigenvalue weighted by atomic mass is 16.5. The molecule has 1 fully saturated rings. The molecule has 0 saturated carbocycles. The van der Waals surface area contributed by atoms with Gasteiger partial charge in [0.2, 0.25) is 0 Å². The summed E-state index contributed by atoms with van der Waals surface area (Å²) in [4.78, 5) is 9.31. The number of ether oxygens (including phenoxy) is 2. The van der Waals surface area contributed by atoms with Crippen LogP contribution in [-0.2, 0) is 6.42 Å². The molecule has 2 aliphatic heterocycles. The van der Waals surface area contributed by atoms with Crippen molar-refractivity contribution in [2.24, 2.45) is 0 Å². The highest BCUT2D eigenvalue weighted by Crippen LogP contribution is 2.43. The van der Waals surface area contributed by atoms with Crippen LogP contribution in [0.15, 0.2) is 60.9 Å². The summed E-state index contributed by atoms with van der Waals surface area (Å²) in [5.41, 5.74) is 6.00. The van der Waals surface area contributed by atoms with E-state index in [2.05, 4.69) is 59.0 Å². The van der Waals surface area contributed by atoms with E-state index >= 15 is 0 Å². The lowest BCUT2D eigenvalue weighted by Crippen LogP contribution is -2.46. The van der Waals surface area contributed by atoms with Crippen LogP contribution in [0.3, 0.4) is 0 Å². The molecule has 0 N–H and O–H groups in total. The summed E-state index contributed by atoms with van der Waals surface area (Å²) in [6.07, 6.45) is 4.71. The molecular weight excluding hydrogens is 386 g/mol. The van der Waals surface area contributed by atoms with Gasteiger partial charge in [0, 0.05) is 73.1 Å². The Bertz CT molecular complexity index is 1060. The van der Waals surface area contributed by atoms with E-state index in [-0.39, 0.29) is 5.60 Å². The second-order valence-electron chi connectivity index (χ2n) is 8.93. The van der Waals surface area contributed by atoms with Crippen molar-refractivity contribution >= 4 is 11.4 Å². The first kappa shape index (κ1) is 19.7. The van der Waals surface area contributed by atoms with Gasteiger partial charge in [0.05, 0.1) is 7.11 Å². The van der Waals surface area contributed by atoms with Crippen LogP contribution in [0, 0.1) is 0 Å². The summed E-state index contributed by atoms with van der Waals surface area (Å²) < 4.78 is 11.5. The van der Waals surface area contributed by atoms with Crippen molar-refractivity contribution in [1.29, 1.82) is 0 Å². The van der Waals surface area contributed by atoms with Crippen LogP contribution in [0.4, 0.5) is 11.4 Å². The molecule has 5 nitrogen and oxygen atoms in total. The number of piperazine rings is 1. The maximum absolute atomic E-state index is 6.24. The van der Waals surface area contributed by atoms with E-state index in [0.29, 0.717) is 0 Å². The molecule has 160 valence electrons. The highest BCUT2D eigenvalue weighted by Gasteiger charge is 2.32. The van der Waals surface area contributed by atoms with Gasteiger partial charge in [-0.25, -0.2) is 0 Å². The number of rotatable bonds is 4. The van der Waals surface area contributed by atoms with E-state index in [1.54, 1.807) is 7.11 Å². The summed E-state index contributed by atoms with van der Waals surface area (Å²) in [5, 5.41) is 0. The van der Waals surface area contributed by atoms with Crippen LogP contribution in [0.1, 0.15) is 19.4 Å². The summed E-state index contributed by atoms with van der Waals surface area (Å²) in [5.74, 6) is 1.90. The quantitative estimate of drug-likeness (QED) is 0.612. The first-order chi connectivity index (χ1) is 15.0. The third-order valence-corrected chi connectivity index (χ3v) is 6.21. The maximum atomic E-state index is 6.24. The summed E-state index contributed by atoms with van der Waals surface area (Å²) in [6.45, 7) is 8.23. The van der Waals surface area contributed by atoms with Gasteiger partial charge >= 0.3 is 0 Å². The van der Waals surface area contributed by atoms with Gasteiger partial charge in [0.15, 0.2) is 0 Å². The molecule has 1 aromatic heterocycles. The van der Waals surface area contributed by atoms with Gasteiger partial charge in [-0.05, 0) is 56.3 Å². The van der Waals surface area contributed by atoms with Gasteiger partial charge in [-0.3, -0.25) is 4.98 Å². The van der Waals surface area contributed by atoms with E-state index in [0.717, 1.165) is 49.7 Å². The normalized spacial score (nSPS) is 17.3. The molecule has 1 saturated heterocycles. The Balaban J connectivity index is 1.42. The van der Waals surface area contributed by atoms with Gasteiger partial charge in [0.25, 0.3) is 0 Å². The molecule has 31 heavy (non-hydrogen) atoms. The molecule has 5 rings (SSSR count). The van der Waals surface area contributed by atoms with Crippen molar-refractivity contribution < 1.29 is 9.47 Å². The molecule has 0 aliphatic carbocycles. The fourth-order valence-corrected chi connectivity index (χ4v) is 4.65. The number of anilines is 2. The first-order valence-corrected chi connectivity index (χ1v) is 10.9. The number of fused-ring (bicyclic) bond motifs is 1. The Morgan fingerprint density at radius 1 is 0.968 bits per heavy atom. The first-order valence-electron chi connectivity index (χ1n) is 10.9. The molecule has 0 radical (unpaired) electrons. The van der Waals surface area contributed by atoms with Crippen LogP contribution >= 0.6 is 0 Å². The molecule has 2 aliphatic rings. The number of hydrogen-bond acceptors (Lipinski definition) is 5. The Morgan fingerprint density at radius 3 is 2.39 bits per heavy atom. The lowest BCUT2D eigenvalue weighted by atomic mass is 9.97. The van der Waals surface area contributed by atoms with E-state index in [4.69, 9.17) is 9.47 Å². The number of benzene rings is 2. The average Bonchev–Trinajstić information content (AvgIpc) is 3.12. The minimum absolute atomic E-state index is 0.153. The zero-order valence-corrected chi connectivity index (χ0v) is 18.5. The number of hydrogen-bond donors (Lipinski definition) is 0. The lowest BCUT2D eigenvalue weighted by Gasteiger charge is -2.38. The van der Waals surface area contributed by atoms with Crippen molar-refractivity contribution in [3.05, 3.63) is 66.5 Å². The molecule has 5 heteroatoms. The van der Waals surface area contributed by atoms with E-state index in [1.807, 2.05) is 30.6 Å². The Labute approximate surface area is 184 Å². The fraction of sp³-hybridized carbons (Fsp3) is 0.346. The van der Waals surface area contributed by atoms with Crippen molar-refractivity contribution in [3.63, 3.8) is 0 Å². The van der Waals surface area contributed by atoms with Crippen molar-refractivity contribution in [1.82, 2.24) is 4.98 Å². The van der Waals surface area contributed by atoms with E-state index in [1.165, 1.54) is 22.5 Å². The standard InChI is InChI=1S/C26H29N3O2/c1-26(2)17-20-15-24(23(16-25(20)31-26)19-5-4-10-27-18-19)29-13-11-28(12-14-29)21-6-8-22(30-3)9-7-21/h4-10,15-16,18H,11-14,17H2,1-3H3. The number of methoxy groups -OCH3 is 1. The molecule has 0 unspecified atom stereocenters. The lowest BCUT2D eigenvalue weighted by molar-refractivity contribution is 0.138. The molecule has 0 amide bonds. The van der Waals surface area contributed by atoms with E-state index < -0.39 is 0 Å². The Hall–Kier alpha value is -3.21.